The highest BCUT2D eigenvalue weighted by Crippen LogP contribution is 1.99. The quantitative estimate of drug-likeness (QED) is 0.545. The zero-order valence-electron chi connectivity index (χ0n) is 9.46. The molecule has 0 amide bonds. The number of nitrogens with two attached hydrogens (primary N) is 1. The number of morpholine rings is 1. The van der Waals surface area contributed by atoms with Gasteiger partial charge >= 0.3 is 0 Å². The van der Waals surface area contributed by atoms with Crippen molar-refractivity contribution in [3.63, 3.8) is 0 Å². The van der Waals surface area contributed by atoms with Crippen molar-refractivity contribution in [2.75, 3.05) is 26.3 Å². The van der Waals surface area contributed by atoms with E-state index in [-0.39, 0.29) is 0 Å². The molecule has 2 rings (SSSR count). The van der Waals surface area contributed by atoms with E-state index in [1.54, 1.807) is 6.20 Å². The van der Waals surface area contributed by atoms with E-state index in [9.17, 15) is 0 Å². The maximum Gasteiger partial charge on any atom is 0.191 e. The average molecular weight is 223 g/mol. The summed E-state index contributed by atoms with van der Waals surface area (Å²) in [5.74, 6) is 1.49. The molecule has 2 N–H and O–H groups in total. The van der Waals surface area contributed by atoms with Gasteiger partial charge in [-0.2, -0.15) is 0 Å². The van der Waals surface area contributed by atoms with Crippen LogP contribution >= 0.6 is 0 Å². The molecule has 1 fully saturated rings. The first-order valence-corrected chi connectivity index (χ1v) is 5.36. The molecular weight excluding hydrogens is 206 g/mol. The standard InChI is InChI=1S/C10H17N5O/c1-14-3-2-12-9(14)8-13-10(11)15-4-6-16-7-5-15/h2-3H,4-8H2,1H3,(H2,11,13). The van der Waals surface area contributed by atoms with Crippen LogP contribution in [0, 0.1) is 0 Å². The van der Waals surface area contributed by atoms with Crippen LogP contribution in [-0.2, 0) is 18.3 Å². The first-order valence-electron chi connectivity index (χ1n) is 5.36. The Morgan fingerprint density at radius 3 is 2.94 bits per heavy atom. The SMILES string of the molecule is Cn1ccnc1CN=C(N)N1CCOCC1. The summed E-state index contributed by atoms with van der Waals surface area (Å²) in [6.07, 6.45) is 3.66. The number of aromatic nitrogens is 2. The molecule has 1 aliphatic heterocycles. The minimum Gasteiger partial charge on any atom is -0.378 e. The predicted octanol–water partition coefficient (Wildman–Crippen LogP) is -0.433. The van der Waals surface area contributed by atoms with E-state index >= 15 is 0 Å². The molecule has 1 saturated heterocycles. The third-order valence-corrected chi connectivity index (χ3v) is 2.64. The van der Waals surface area contributed by atoms with Gasteiger partial charge in [0.2, 0.25) is 0 Å². The zero-order chi connectivity index (χ0) is 11.4. The average Bonchev–Trinajstić information content (AvgIpc) is 2.73. The number of hydrogen-bond acceptors (Lipinski definition) is 3. The molecule has 1 aliphatic rings. The van der Waals surface area contributed by atoms with Gasteiger partial charge in [0.25, 0.3) is 0 Å². The summed E-state index contributed by atoms with van der Waals surface area (Å²) in [6, 6.07) is 0. The Hall–Kier alpha value is -1.56. The molecule has 0 aliphatic carbocycles. The molecule has 0 saturated carbocycles. The second kappa shape index (κ2) is 4.98. The van der Waals surface area contributed by atoms with Gasteiger partial charge in [-0.3, -0.25) is 0 Å². The molecule has 6 heteroatoms. The third-order valence-electron chi connectivity index (χ3n) is 2.64. The highest BCUT2D eigenvalue weighted by molar-refractivity contribution is 5.78. The Morgan fingerprint density at radius 2 is 2.31 bits per heavy atom. The summed E-state index contributed by atoms with van der Waals surface area (Å²) in [6.45, 7) is 3.59. The molecule has 0 aromatic carbocycles. The van der Waals surface area contributed by atoms with Gasteiger partial charge in [-0.1, -0.05) is 0 Å². The molecule has 1 aromatic rings. The molecule has 6 nitrogen and oxygen atoms in total. The fourth-order valence-corrected chi connectivity index (χ4v) is 1.59. The lowest BCUT2D eigenvalue weighted by atomic mass is 10.4. The largest absolute Gasteiger partial charge is 0.378 e. The molecule has 88 valence electrons. The minimum absolute atomic E-state index is 0.521. The fraction of sp³-hybridized carbons (Fsp3) is 0.600. The monoisotopic (exact) mass is 223 g/mol. The van der Waals surface area contributed by atoms with Crippen LogP contribution in [-0.4, -0.2) is 46.7 Å². The highest BCUT2D eigenvalue weighted by atomic mass is 16.5. The second-order valence-electron chi connectivity index (χ2n) is 3.73. The van der Waals surface area contributed by atoms with Gasteiger partial charge < -0.3 is 19.9 Å². The third kappa shape index (κ3) is 2.52. The Kier molecular flexibility index (Phi) is 3.40. The van der Waals surface area contributed by atoms with Gasteiger partial charge in [-0.15, -0.1) is 0 Å². The number of imidazole rings is 1. The van der Waals surface area contributed by atoms with Crippen LogP contribution in [0.4, 0.5) is 0 Å². The molecule has 0 unspecified atom stereocenters. The maximum absolute atomic E-state index is 5.90. The van der Waals surface area contributed by atoms with Gasteiger partial charge in [0.15, 0.2) is 5.96 Å². The van der Waals surface area contributed by atoms with E-state index in [2.05, 4.69) is 9.98 Å². The van der Waals surface area contributed by atoms with Crippen molar-refractivity contribution in [1.82, 2.24) is 14.5 Å². The van der Waals surface area contributed by atoms with Gasteiger partial charge in [-0.05, 0) is 0 Å². The fourth-order valence-electron chi connectivity index (χ4n) is 1.59. The summed E-state index contributed by atoms with van der Waals surface area (Å²) in [4.78, 5) is 10.6. The van der Waals surface area contributed by atoms with Crippen molar-refractivity contribution >= 4 is 5.96 Å². The van der Waals surface area contributed by atoms with E-state index in [4.69, 9.17) is 10.5 Å². The molecule has 0 atom stereocenters. The summed E-state index contributed by atoms with van der Waals surface area (Å²) in [5.41, 5.74) is 5.90. The van der Waals surface area contributed by atoms with E-state index in [1.165, 1.54) is 0 Å². The van der Waals surface area contributed by atoms with Gasteiger partial charge in [0.05, 0.1) is 13.2 Å². The van der Waals surface area contributed by atoms with Crippen LogP contribution in [0.1, 0.15) is 5.82 Å². The maximum atomic E-state index is 5.90. The zero-order valence-corrected chi connectivity index (χ0v) is 9.46. The van der Waals surface area contributed by atoms with Crippen LogP contribution in [0.5, 0.6) is 0 Å². The van der Waals surface area contributed by atoms with E-state index in [0.717, 1.165) is 32.1 Å². The minimum atomic E-state index is 0.521. The van der Waals surface area contributed by atoms with Crippen LogP contribution in [0.25, 0.3) is 0 Å². The van der Waals surface area contributed by atoms with E-state index in [1.807, 2.05) is 22.7 Å². The van der Waals surface area contributed by atoms with E-state index < -0.39 is 0 Å². The lowest BCUT2D eigenvalue weighted by molar-refractivity contribution is 0.0674. The van der Waals surface area contributed by atoms with Gasteiger partial charge in [-0.25, -0.2) is 9.98 Å². The Labute approximate surface area is 94.7 Å². The van der Waals surface area contributed by atoms with Crippen molar-refractivity contribution in [2.24, 2.45) is 17.8 Å². The Balaban J connectivity index is 1.93. The Morgan fingerprint density at radius 1 is 1.56 bits per heavy atom. The first-order chi connectivity index (χ1) is 7.77. The predicted molar refractivity (Wildman–Crippen MR) is 60.9 cm³/mol. The summed E-state index contributed by atoms with van der Waals surface area (Å²) < 4.78 is 7.19. The molecule has 0 bridgehead atoms. The number of hydrogen-bond donors (Lipinski definition) is 1. The van der Waals surface area contributed by atoms with Crippen molar-refractivity contribution in [3.05, 3.63) is 18.2 Å². The molecule has 0 spiro atoms. The number of rotatable bonds is 2. The van der Waals surface area contributed by atoms with E-state index in [0.29, 0.717) is 12.5 Å². The van der Waals surface area contributed by atoms with Crippen LogP contribution in [0.3, 0.4) is 0 Å². The number of aliphatic imine (C=N–C) groups is 1. The second-order valence-corrected chi connectivity index (χ2v) is 3.73. The number of ether oxygens (including phenoxy) is 1. The molecule has 16 heavy (non-hydrogen) atoms. The van der Waals surface area contributed by atoms with Crippen LogP contribution < -0.4 is 5.73 Å². The lowest BCUT2D eigenvalue weighted by Gasteiger charge is -2.27. The van der Waals surface area contributed by atoms with Crippen LogP contribution in [0.2, 0.25) is 0 Å². The molecular formula is C10H17N5O. The smallest absolute Gasteiger partial charge is 0.191 e. The number of guanidine groups is 1. The van der Waals surface area contributed by atoms with Crippen LogP contribution in [0.15, 0.2) is 17.4 Å². The van der Waals surface area contributed by atoms with Crippen molar-refractivity contribution < 1.29 is 4.74 Å². The molecule has 2 heterocycles. The molecule has 0 radical (unpaired) electrons. The Bertz CT molecular complexity index is 367. The summed E-state index contributed by atoms with van der Waals surface area (Å²) in [5, 5.41) is 0. The van der Waals surface area contributed by atoms with Crippen molar-refractivity contribution in [3.8, 4) is 0 Å². The highest BCUT2D eigenvalue weighted by Gasteiger charge is 2.12. The normalized spacial score (nSPS) is 17.8. The lowest BCUT2D eigenvalue weighted by Crippen LogP contribution is -2.44. The van der Waals surface area contributed by atoms with Gasteiger partial charge in [0, 0.05) is 32.5 Å². The van der Waals surface area contributed by atoms with Gasteiger partial charge in [0.1, 0.15) is 12.4 Å². The topological polar surface area (TPSA) is 68.7 Å². The first kappa shape index (κ1) is 10.9. The summed E-state index contributed by atoms with van der Waals surface area (Å²) in [7, 11) is 1.95. The van der Waals surface area contributed by atoms with Crippen molar-refractivity contribution in [2.45, 2.75) is 6.54 Å². The summed E-state index contributed by atoms with van der Waals surface area (Å²) >= 11 is 0. The van der Waals surface area contributed by atoms with Crippen molar-refractivity contribution in [1.29, 1.82) is 0 Å². The molecule has 1 aromatic heterocycles. The number of nitrogens with zero attached hydrogens (tertiary/aromatic N) is 4. The number of aryl methyl sites for hydroxylation is 1.